The number of nitrogens with zero attached hydrogens (tertiary/aromatic N) is 7. The molecule has 32 heavy (non-hydrogen) atoms. The van der Waals surface area contributed by atoms with Gasteiger partial charge in [-0.05, 0) is 30.5 Å². The highest BCUT2D eigenvalue weighted by atomic mass is 16.5. The highest BCUT2D eigenvalue weighted by molar-refractivity contribution is 6.34. The molecular formula is C20H22N8O4. The molecule has 0 saturated carbocycles. The fourth-order valence-corrected chi connectivity index (χ4v) is 3.45. The summed E-state index contributed by atoms with van der Waals surface area (Å²) in [5, 5.41) is 14.5. The van der Waals surface area contributed by atoms with Crippen LogP contribution in [0.15, 0.2) is 43.0 Å². The predicted molar refractivity (Wildman–Crippen MR) is 109 cm³/mol. The summed E-state index contributed by atoms with van der Waals surface area (Å²) in [6, 6.07) is 5.40. The number of pyridine rings is 1. The van der Waals surface area contributed by atoms with Gasteiger partial charge < -0.3 is 15.0 Å². The molecule has 0 radical (unpaired) electrons. The van der Waals surface area contributed by atoms with Gasteiger partial charge in [0.1, 0.15) is 0 Å². The van der Waals surface area contributed by atoms with Crippen LogP contribution in [0.3, 0.4) is 0 Å². The van der Waals surface area contributed by atoms with Gasteiger partial charge >= 0.3 is 17.8 Å². The first-order valence-corrected chi connectivity index (χ1v) is 10.1. The zero-order valence-corrected chi connectivity index (χ0v) is 17.4. The van der Waals surface area contributed by atoms with E-state index < -0.39 is 17.8 Å². The Morgan fingerprint density at radius 2 is 2.03 bits per heavy atom. The summed E-state index contributed by atoms with van der Waals surface area (Å²) in [5.41, 5.74) is 0.908. The number of hydrogen-bond donors (Lipinski definition) is 1. The van der Waals surface area contributed by atoms with Gasteiger partial charge in [0.05, 0.1) is 19.3 Å². The van der Waals surface area contributed by atoms with E-state index in [0.29, 0.717) is 31.7 Å². The number of carbonyl (C=O) groups excluding carboxylic acids is 3. The molecule has 0 spiro atoms. The Labute approximate surface area is 183 Å². The van der Waals surface area contributed by atoms with E-state index in [1.165, 1.54) is 18.2 Å². The van der Waals surface area contributed by atoms with Gasteiger partial charge in [-0.15, -0.1) is 5.10 Å². The summed E-state index contributed by atoms with van der Waals surface area (Å²) >= 11 is 0. The van der Waals surface area contributed by atoms with Crippen LogP contribution in [0.25, 0.3) is 5.82 Å². The average Bonchev–Trinajstić information content (AvgIpc) is 3.55. The van der Waals surface area contributed by atoms with Crippen LogP contribution in [-0.2, 0) is 20.9 Å². The lowest BCUT2D eigenvalue weighted by atomic mass is 10.1. The van der Waals surface area contributed by atoms with Gasteiger partial charge in [0.15, 0.2) is 11.5 Å². The Balaban J connectivity index is 1.25. The van der Waals surface area contributed by atoms with E-state index in [1.807, 2.05) is 6.07 Å². The van der Waals surface area contributed by atoms with Crippen molar-refractivity contribution < 1.29 is 19.1 Å². The quantitative estimate of drug-likeness (QED) is 0.438. The Morgan fingerprint density at radius 1 is 1.22 bits per heavy atom. The molecule has 3 aromatic heterocycles. The topological polar surface area (TPSA) is 137 Å². The number of ether oxygens (including phenoxy) is 1. The number of rotatable bonds is 5. The standard InChI is InChI=1S/C20H22N8O4/c1-32-20(31)16-13-28(25-24-16)15-5-9-26(10-6-15)19(30)18(29)22-12-14-3-4-17(21-11-14)27-8-2-7-23-27/h2-4,7-8,11,13,15H,5-6,9-10,12H2,1H3,(H,22,29). The first-order valence-electron chi connectivity index (χ1n) is 10.1. The normalized spacial score (nSPS) is 14.2. The highest BCUT2D eigenvalue weighted by Gasteiger charge is 2.28. The van der Waals surface area contributed by atoms with Crippen LogP contribution < -0.4 is 5.32 Å². The minimum absolute atomic E-state index is 0.00704. The van der Waals surface area contributed by atoms with Crippen molar-refractivity contribution in [2.45, 2.75) is 25.4 Å². The Bertz CT molecular complexity index is 1090. The van der Waals surface area contributed by atoms with Gasteiger partial charge in [0.25, 0.3) is 0 Å². The molecule has 0 unspecified atom stereocenters. The number of esters is 1. The van der Waals surface area contributed by atoms with Gasteiger partial charge in [0.2, 0.25) is 0 Å². The van der Waals surface area contributed by atoms with Crippen molar-refractivity contribution in [2.24, 2.45) is 0 Å². The largest absolute Gasteiger partial charge is 0.464 e. The molecule has 1 saturated heterocycles. The molecule has 0 aliphatic carbocycles. The number of nitrogens with one attached hydrogen (secondary N) is 1. The predicted octanol–water partition coefficient (Wildman–Crippen LogP) is 0.125. The molecule has 12 heteroatoms. The molecule has 2 amide bonds. The van der Waals surface area contributed by atoms with Gasteiger partial charge in [-0.2, -0.15) is 5.10 Å². The fourth-order valence-electron chi connectivity index (χ4n) is 3.45. The molecule has 1 fully saturated rings. The second-order valence-electron chi connectivity index (χ2n) is 7.26. The van der Waals surface area contributed by atoms with Crippen molar-refractivity contribution >= 4 is 17.8 Å². The maximum atomic E-state index is 12.5. The summed E-state index contributed by atoms with van der Waals surface area (Å²) < 4.78 is 7.86. The second-order valence-corrected chi connectivity index (χ2v) is 7.26. The third-order valence-electron chi connectivity index (χ3n) is 5.23. The number of amides is 2. The first-order chi connectivity index (χ1) is 15.5. The number of aromatic nitrogens is 6. The van der Waals surface area contributed by atoms with Crippen LogP contribution in [0.2, 0.25) is 0 Å². The van der Waals surface area contributed by atoms with E-state index in [4.69, 9.17) is 0 Å². The SMILES string of the molecule is COC(=O)c1cn(C2CCN(C(=O)C(=O)NCc3ccc(-n4cccn4)nc3)CC2)nn1. The van der Waals surface area contributed by atoms with Crippen molar-refractivity contribution in [1.82, 2.24) is 40.0 Å². The first kappa shape index (κ1) is 21.2. The molecule has 0 bridgehead atoms. The third kappa shape index (κ3) is 4.63. The summed E-state index contributed by atoms with van der Waals surface area (Å²) in [5.74, 6) is -1.12. The van der Waals surface area contributed by atoms with E-state index >= 15 is 0 Å². The average molecular weight is 438 g/mol. The van der Waals surface area contributed by atoms with Gasteiger partial charge in [-0.1, -0.05) is 11.3 Å². The molecule has 4 heterocycles. The third-order valence-corrected chi connectivity index (χ3v) is 5.23. The van der Waals surface area contributed by atoms with Crippen LogP contribution >= 0.6 is 0 Å². The summed E-state index contributed by atoms with van der Waals surface area (Å²) in [7, 11) is 1.28. The summed E-state index contributed by atoms with van der Waals surface area (Å²) in [6.45, 7) is 1.01. The van der Waals surface area contributed by atoms with Gasteiger partial charge in [0, 0.05) is 38.2 Å². The van der Waals surface area contributed by atoms with Crippen molar-refractivity contribution in [3.8, 4) is 5.82 Å². The van der Waals surface area contributed by atoms with Crippen LogP contribution in [0.1, 0.15) is 34.9 Å². The number of likely N-dealkylation sites (tertiary alicyclic amines) is 1. The van der Waals surface area contributed by atoms with E-state index in [-0.39, 0.29) is 18.3 Å². The molecule has 1 N–H and O–H groups in total. The van der Waals surface area contributed by atoms with E-state index in [2.05, 4.69) is 30.4 Å². The number of methoxy groups -OCH3 is 1. The molecule has 166 valence electrons. The molecule has 3 aromatic rings. The van der Waals surface area contributed by atoms with E-state index in [0.717, 1.165) is 5.56 Å². The Morgan fingerprint density at radius 3 is 2.69 bits per heavy atom. The van der Waals surface area contributed by atoms with Crippen LogP contribution in [0, 0.1) is 0 Å². The summed E-state index contributed by atoms with van der Waals surface area (Å²) in [6.07, 6.45) is 7.81. The molecule has 1 aliphatic heterocycles. The molecule has 12 nitrogen and oxygen atoms in total. The Kier molecular flexibility index (Phi) is 6.19. The van der Waals surface area contributed by atoms with Crippen molar-refractivity contribution in [3.63, 3.8) is 0 Å². The number of piperidine rings is 1. The summed E-state index contributed by atoms with van der Waals surface area (Å²) in [4.78, 5) is 42.1. The lowest BCUT2D eigenvalue weighted by Gasteiger charge is -2.31. The van der Waals surface area contributed by atoms with E-state index in [9.17, 15) is 14.4 Å². The lowest BCUT2D eigenvalue weighted by molar-refractivity contribution is -0.146. The van der Waals surface area contributed by atoms with Crippen molar-refractivity contribution in [3.05, 3.63) is 54.2 Å². The zero-order chi connectivity index (χ0) is 22.5. The van der Waals surface area contributed by atoms with Crippen LogP contribution in [0.5, 0.6) is 0 Å². The highest BCUT2D eigenvalue weighted by Crippen LogP contribution is 2.22. The lowest BCUT2D eigenvalue weighted by Crippen LogP contribution is -2.46. The van der Waals surface area contributed by atoms with Gasteiger partial charge in [-0.25, -0.2) is 19.1 Å². The van der Waals surface area contributed by atoms with Crippen molar-refractivity contribution in [1.29, 1.82) is 0 Å². The number of carbonyl (C=O) groups is 3. The minimum Gasteiger partial charge on any atom is -0.464 e. The minimum atomic E-state index is -0.659. The van der Waals surface area contributed by atoms with Crippen LogP contribution in [-0.4, -0.2) is 72.6 Å². The maximum Gasteiger partial charge on any atom is 0.360 e. The Hall–Kier alpha value is -4.09. The molecule has 1 aliphatic rings. The second kappa shape index (κ2) is 9.37. The number of hydrogen-bond acceptors (Lipinski definition) is 8. The van der Waals surface area contributed by atoms with Crippen LogP contribution in [0.4, 0.5) is 0 Å². The molecular weight excluding hydrogens is 416 g/mol. The zero-order valence-electron chi connectivity index (χ0n) is 17.4. The monoisotopic (exact) mass is 438 g/mol. The molecule has 0 atom stereocenters. The van der Waals surface area contributed by atoms with Gasteiger partial charge in [-0.3, -0.25) is 9.59 Å². The van der Waals surface area contributed by atoms with Crippen molar-refractivity contribution in [2.75, 3.05) is 20.2 Å². The molecule has 0 aromatic carbocycles. The maximum absolute atomic E-state index is 12.5. The smallest absolute Gasteiger partial charge is 0.360 e. The van der Waals surface area contributed by atoms with E-state index in [1.54, 1.807) is 40.1 Å². The fraction of sp³-hybridized carbons (Fsp3) is 0.350. The molecule has 4 rings (SSSR count).